The van der Waals surface area contributed by atoms with Crippen LogP contribution in [-0.4, -0.2) is 35.2 Å². The molecule has 0 spiro atoms. The first kappa shape index (κ1) is 17.9. The van der Waals surface area contributed by atoms with E-state index in [1.165, 1.54) is 6.08 Å². The molecule has 0 saturated carbocycles. The van der Waals surface area contributed by atoms with Crippen LogP contribution in [0.4, 0.5) is 0 Å². The first-order valence-electron chi connectivity index (χ1n) is 7.17. The number of carboxylic acids is 1. The molecular weight excluding hydrogens is 282 g/mol. The fourth-order valence-electron chi connectivity index (χ4n) is 1.83. The summed E-state index contributed by atoms with van der Waals surface area (Å²) < 4.78 is 5.41. The van der Waals surface area contributed by atoms with Crippen LogP contribution in [0.3, 0.4) is 0 Å². The van der Waals surface area contributed by atoms with E-state index in [-0.39, 0.29) is 12.5 Å². The second kappa shape index (κ2) is 8.34. The number of carbonyl (C=O) groups excluding carboxylic acids is 1. The molecule has 0 aliphatic carbocycles. The summed E-state index contributed by atoms with van der Waals surface area (Å²) in [5.41, 5.74) is 0.443. The van der Waals surface area contributed by atoms with Gasteiger partial charge in [0.05, 0.1) is 0 Å². The molecular formula is C17H23NO4. The highest BCUT2D eigenvalue weighted by Gasteiger charge is 2.24. The predicted octanol–water partition coefficient (Wildman–Crippen LogP) is 2.17. The summed E-state index contributed by atoms with van der Waals surface area (Å²) in [7, 11) is 0. The van der Waals surface area contributed by atoms with Crippen molar-refractivity contribution in [1.82, 2.24) is 5.32 Å². The maximum atomic E-state index is 12.3. The zero-order valence-corrected chi connectivity index (χ0v) is 13.2. The summed E-state index contributed by atoms with van der Waals surface area (Å²) >= 11 is 0. The summed E-state index contributed by atoms with van der Waals surface area (Å²) in [4.78, 5) is 22.7. The van der Waals surface area contributed by atoms with Crippen molar-refractivity contribution >= 4 is 11.9 Å². The van der Waals surface area contributed by atoms with Crippen molar-refractivity contribution in [3.8, 4) is 0 Å². The van der Waals surface area contributed by atoms with Gasteiger partial charge >= 0.3 is 11.9 Å². The normalized spacial score (nSPS) is 13.0. The molecule has 1 rings (SSSR count). The third kappa shape index (κ3) is 7.59. The van der Waals surface area contributed by atoms with Crippen molar-refractivity contribution in [2.45, 2.75) is 38.8 Å². The number of benzene rings is 1. The molecule has 2 N–H and O–H groups in total. The summed E-state index contributed by atoms with van der Waals surface area (Å²) in [5, 5.41) is 11.6. The molecule has 0 aliphatic rings. The van der Waals surface area contributed by atoms with Crippen LogP contribution in [0.15, 0.2) is 42.5 Å². The van der Waals surface area contributed by atoms with Gasteiger partial charge < -0.3 is 15.2 Å². The number of carboxylic acid groups (broad SMARTS) is 1. The first-order chi connectivity index (χ1) is 10.3. The van der Waals surface area contributed by atoms with Crippen LogP contribution < -0.4 is 5.32 Å². The molecule has 1 atom stereocenters. The lowest BCUT2D eigenvalue weighted by Crippen LogP contribution is -2.42. The molecule has 0 bridgehead atoms. The average molecular weight is 305 g/mol. The van der Waals surface area contributed by atoms with Crippen LogP contribution >= 0.6 is 0 Å². The Hall–Kier alpha value is -2.14. The van der Waals surface area contributed by atoms with E-state index in [0.29, 0.717) is 6.42 Å². The van der Waals surface area contributed by atoms with Gasteiger partial charge in [-0.05, 0) is 32.8 Å². The SMILES string of the molecule is CC(C)(C)OC(=O)[C@@H](Cc1ccccc1)NC/C=C/C(=O)O. The fraction of sp³-hybridized carbons (Fsp3) is 0.412. The van der Waals surface area contributed by atoms with E-state index in [9.17, 15) is 9.59 Å². The second-order valence-corrected chi connectivity index (χ2v) is 5.92. The van der Waals surface area contributed by atoms with Crippen molar-refractivity contribution in [3.63, 3.8) is 0 Å². The maximum absolute atomic E-state index is 12.3. The van der Waals surface area contributed by atoms with Crippen molar-refractivity contribution in [2.75, 3.05) is 6.54 Å². The van der Waals surface area contributed by atoms with Crippen LogP contribution in [0.2, 0.25) is 0 Å². The summed E-state index contributed by atoms with van der Waals surface area (Å²) in [6.45, 7) is 5.72. The quantitative estimate of drug-likeness (QED) is 0.596. The van der Waals surface area contributed by atoms with Crippen LogP contribution in [0, 0.1) is 0 Å². The van der Waals surface area contributed by atoms with Crippen LogP contribution in [0.25, 0.3) is 0 Å². The zero-order chi connectivity index (χ0) is 16.6. The van der Waals surface area contributed by atoms with Gasteiger partial charge in [0.1, 0.15) is 11.6 Å². The molecule has 0 fully saturated rings. The van der Waals surface area contributed by atoms with Gasteiger partial charge in [-0.2, -0.15) is 0 Å². The highest BCUT2D eigenvalue weighted by atomic mass is 16.6. The van der Waals surface area contributed by atoms with Gasteiger partial charge in [0.2, 0.25) is 0 Å². The Balaban J connectivity index is 2.71. The van der Waals surface area contributed by atoms with Crippen molar-refractivity contribution in [2.24, 2.45) is 0 Å². The Morgan fingerprint density at radius 2 is 1.91 bits per heavy atom. The van der Waals surface area contributed by atoms with E-state index >= 15 is 0 Å². The topological polar surface area (TPSA) is 75.6 Å². The second-order valence-electron chi connectivity index (χ2n) is 5.92. The van der Waals surface area contributed by atoms with Gasteiger partial charge in [-0.15, -0.1) is 0 Å². The number of hydrogen-bond acceptors (Lipinski definition) is 4. The number of nitrogens with one attached hydrogen (secondary N) is 1. The van der Waals surface area contributed by atoms with E-state index in [1.54, 1.807) is 0 Å². The lowest BCUT2D eigenvalue weighted by atomic mass is 10.1. The molecule has 0 aromatic heterocycles. The molecule has 0 unspecified atom stereocenters. The van der Waals surface area contributed by atoms with E-state index in [4.69, 9.17) is 9.84 Å². The van der Waals surface area contributed by atoms with Gasteiger partial charge in [0.15, 0.2) is 0 Å². The molecule has 5 heteroatoms. The van der Waals surface area contributed by atoms with Crippen molar-refractivity contribution in [3.05, 3.63) is 48.0 Å². The standard InChI is InChI=1S/C17H23NO4/c1-17(2,3)22-16(21)14(18-11-7-10-15(19)20)12-13-8-5-4-6-9-13/h4-10,14,18H,11-12H2,1-3H3,(H,19,20)/b10-7+/t14-/m1/s1. The number of rotatable bonds is 7. The lowest BCUT2D eigenvalue weighted by molar-refractivity contribution is -0.157. The third-order valence-corrected chi connectivity index (χ3v) is 2.72. The van der Waals surface area contributed by atoms with E-state index in [0.717, 1.165) is 11.6 Å². The zero-order valence-electron chi connectivity index (χ0n) is 13.2. The molecule has 120 valence electrons. The monoisotopic (exact) mass is 305 g/mol. The van der Waals surface area contributed by atoms with Crippen LogP contribution in [0.5, 0.6) is 0 Å². The Labute approximate surface area is 131 Å². The van der Waals surface area contributed by atoms with Gasteiger partial charge in [-0.25, -0.2) is 4.79 Å². The van der Waals surface area contributed by atoms with Gasteiger partial charge in [-0.1, -0.05) is 36.4 Å². The number of hydrogen-bond donors (Lipinski definition) is 2. The molecule has 0 heterocycles. The first-order valence-corrected chi connectivity index (χ1v) is 7.17. The van der Waals surface area contributed by atoms with Gasteiger partial charge in [-0.3, -0.25) is 4.79 Å². The van der Waals surface area contributed by atoms with Crippen LogP contribution in [-0.2, 0) is 20.7 Å². The highest BCUT2D eigenvalue weighted by molar-refractivity contribution is 5.79. The summed E-state index contributed by atoms with van der Waals surface area (Å²) in [5.74, 6) is -1.36. The minimum absolute atomic E-state index is 0.281. The third-order valence-electron chi connectivity index (χ3n) is 2.72. The lowest BCUT2D eigenvalue weighted by Gasteiger charge is -2.24. The molecule has 1 aromatic rings. The Bertz CT molecular complexity index is 517. The van der Waals surface area contributed by atoms with Crippen molar-refractivity contribution < 1.29 is 19.4 Å². The molecule has 0 aliphatic heterocycles. The Morgan fingerprint density at radius 1 is 1.27 bits per heavy atom. The smallest absolute Gasteiger partial charge is 0.328 e. The molecule has 0 amide bonds. The van der Waals surface area contributed by atoms with Gasteiger partial charge in [0, 0.05) is 12.6 Å². The molecule has 22 heavy (non-hydrogen) atoms. The number of aliphatic carboxylic acids is 1. The van der Waals surface area contributed by atoms with E-state index < -0.39 is 17.6 Å². The maximum Gasteiger partial charge on any atom is 0.328 e. The fourth-order valence-corrected chi connectivity index (χ4v) is 1.83. The Kier molecular flexibility index (Phi) is 6.79. The average Bonchev–Trinajstić information content (AvgIpc) is 2.41. The molecule has 5 nitrogen and oxygen atoms in total. The highest BCUT2D eigenvalue weighted by Crippen LogP contribution is 2.11. The van der Waals surface area contributed by atoms with E-state index in [1.807, 2.05) is 51.1 Å². The van der Waals surface area contributed by atoms with Gasteiger partial charge in [0.25, 0.3) is 0 Å². The van der Waals surface area contributed by atoms with E-state index in [2.05, 4.69) is 5.32 Å². The van der Waals surface area contributed by atoms with Crippen LogP contribution in [0.1, 0.15) is 26.3 Å². The number of ether oxygens (including phenoxy) is 1. The summed E-state index contributed by atoms with van der Waals surface area (Å²) in [6, 6.07) is 9.07. The number of esters is 1. The minimum Gasteiger partial charge on any atom is -0.478 e. The number of carbonyl (C=O) groups is 2. The Morgan fingerprint density at radius 3 is 2.45 bits per heavy atom. The predicted molar refractivity (Wildman–Crippen MR) is 84.6 cm³/mol. The largest absolute Gasteiger partial charge is 0.478 e. The summed E-state index contributed by atoms with van der Waals surface area (Å²) in [6.07, 6.45) is 2.99. The molecule has 1 aromatic carbocycles. The van der Waals surface area contributed by atoms with Crippen molar-refractivity contribution in [1.29, 1.82) is 0 Å². The molecule has 0 radical (unpaired) electrons. The minimum atomic E-state index is -1.02. The molecule has 0 saturated heterocycles.